The maximum Gasteiger partial charge on any atom is 0.196 e. The van der Waals surface area contributed by atoms with Crippen LogP contribution in [0.4, 0.5) is 5.88 Å². The quantitative estimate of drug-likeness (QED) is 0.693. The average Bonchev–Trinajstić information content (AvgIpc) is 2.96. The summed E-state index contributed by atoms with van der Waals surface area (Å²) in [4.78, 5) is 13.3. The Bertz CT molecular complexity index is 368. The van der Waals surface area contributed by atoms with E-state index in [0.29, 0.717) is 18.4 Å². The minimum absolute atomic E-state index is 0.0336. The van der Waals surface area contributed by atoms with Crippen molar-refractivity contribution in [3.05, 3.63) is 17.9 Å². The van der Waals surface area contributed by atoms with Crippen molar-refractivity contribution in [2.45, 2.75) is 25.8 Å². The predicted molar refractivity (Wildman–Crippen MR) is 61.0 cm³/mol. The Labute approximate surface area is 95.2 Å². The molecule has 1 aliphatic rings. The van der Waals surface area contributed by atoms with Crippen LogP contribution in [0.5, 0.6) is 0 Å². The van der Waals surface area contributed by atoms with E-state index in [4.69, 9.17) is 9.15 Å². The molecule has 1 heterocycles. The van der Waals surface area contributed by atoms with Gasteiger partial charge in [0.1, 0.15) is 0 Å². The molecular formula is C12H17NO3. The molecule has 4 heteroatoms. The molecule has 1 aliphatic carbocycles. The normalized spacial score (nSPS) is 15.1. The Morgan fingerprint density at radius 1 is 1.56 bits per heavy atom. The fraction of sp³-hybridized carbons (Fsp3) is 0.583. The fourth-order valence-electron chi connectivity index (χ4n) is 1.72. The van der Waals surface area contributed by atoms with E-state index in [1.807, 2.05) is 6.07 Å². The predicted octanol–water partition coefficient (Wildman–Crippen LogP) is 2.10. The first-order valence-corrected chi connectivity index (χ1v) is 5.58. The summed E-state index contributed by atoms with van der Waals surface area (Å²) in [6.45, 7) is 3.00. The van der Waals surface area contributed by atoms with Gasteiger partial charge in [0.05, 0.1) is 6.61 Å². The summed E-state index contributed by atoms with van der Waals surface area (Å²) in [6.07, 6.45) is 2.39. The van der Waals surface area contributed by atoms with Crippen LogP contribution in [-0.4, -0.2) is 32.1 Å². The number of anilines is 1. The minimum atomic E-state index is -0.0336. The molecule has 1 aromatic heterocycles. The zero-order chi connectivity index (χ0) is 11.5. The number of carbonyl (C=O) groups excluding carboxylic acids is 1. The Morgan fingerprint density at radius 3 is 2.81 bits per heavy atom. The molecule has 0 N–H and O–H groups in total. The number of ether oxygens (including phenoxy) is 1. The van der Waals surface area contributed by atoms with Crippen molar-refractivity contribution in [2.75, 3.05) is 25.2 Å². The lowest BCUT2D eigenvalue weighted by atomic mass is 10.3. The molecule has 4 nitrogen and oxygen atoms in total. The SMILES string of the molecule is COCCN(c1ccc(C(C)=O)o1)C1CC1. The van der Waals surface area contributed by atoms with Gasteiger partial charge in [0.2, 0.25) is 0 Å². The van der Waals surface area contributed by atoms with Gasteiger partial charge in [-0.15, -0.1) is 0 Å². The van der Waals surface area contributed by atoms with Gasteiger partial charge in [0, 0.05) is 32.7 Å². The maximum atomic E-state index is 11.1. The lowest BCUT2D eigenvalue weighted by Gasteiger charge is -2.20. The Morgan fingerprint density at radius 2 is 2.31 bits per heavy atom. The molecule has 16 heavy (non-hydrogen) atoms. The smallest absolute Gasteiger partial charge is 0.196 e. The molecule has 1 aromatic rings. The van der Waals surface area contributed by atoms with Crippen molar-refractivity contribution in [3.63, 3.8) is 0 Å². The van der Waals surface area contributed by atoms with E-state index in [9.17, 15) is 4.79 Å². The van der Waals surface area contributed by atoms with Crippen molar-refractivity contribution in [2.24, 2.45) is 0 Å². The molecule has 0 unspecified atom stereocenters. The van der Waals surface area contributed by atoms with Crippen LogP contribution in [0.3, 0.4) is 0 Å². The largest absolute Gasteiger partial charge is 0.437 e. The summed E-state index contributed by atoms with van der Waals surface area (Å²) in [5, 5.41) is 0. The lowest BCUT2D eigenvalue weighted by molar-refractivity contribution is 0.0987. The van der Waals surface area contributed by atoms with E-state index >= 15 is 0 Å². The van der Waals surface area contributed by atoms with Gasteiger partial charge in [-0.1, -0.05) is 0 Å². The summed E-state index contributed by atoms with van der Waals surface area (Å²) < 4.78 is 10.6. The monoisotopic (exact) mass is 223 g/mol. The average molecular weight is 223 g/mol. The van der Waals surface area contributed by atoms with Gasteiger partial charge in [-0.3, -0.25) is 4.79 Å². The molecule has 0 amide bonds. The van der Waals surface area contributed by atoms with E-state index in [1.165, 1.54) is 19.8 Å². The molecule has 0 radical (unpaired) electrons. The summed E-state index contributed by atoms with van der Waals surface area (Å²) in [6, 6.07) is 4.16. The van der Waals surface area contributed by atoms with Crippen LogP contribution in [0.2, 0.25) is 0 Å². The van der Waals surface area contributed by atoms with Gasteiger partial charge in [0.15, 0.2) is 17.4 Å². The van der Waals surface area contributed by atoms with Crippen LogP contribution in [0.1, 0.15) is 30.3 Å². The van der Waals surface area contributed by atoms with Crippen molar-refractivity contribution >= 4 is 11.7 Å². The molecule has 2 rings (SSSR count). The summed E-state index contributed by atoms with van der Waals surface area (Å²) >= 11 is 0. The van der Waals surface area contributed by atoms with E-state index in [-0.39, 0.29) is 5.78 Å². The van der Waals surface area contributed by atoms with Gasteiger partial charge in [0.25, 0.3) is 0 Å². The number of furan rings is 1. The Kier molecular flexibility index (Phi) is 3.29. The third kappa shape index (κ3) is 2.44. The third-order valence-corrected chi connectivity index (χ3v) is 2.75. The molecule has 1 fully saturated rings. The van der Waals surface area contributed by atoms with Crippen LogP contribution in [0.15, 0.2) is 16.5 Å². The first-order chi connectivity index (χ1) is 7.72. The standard InChI is InChI=1S/C12H17NO3/c1-9(14)11-5-6-12(16-11)13(7-8-15-2)10-3-4-10/h5-6,10H,3-4,7-8H2,1-2H3. The Hall–Kier alpha value is -1.29. The first kappa shape index (κ1) is 11.2. The van der Waals surface area contributed by atoms with Gasteiger partial charge < -0.3 is 14.1 Å². The summed E-state index contributed by atoms with van der Waals surface area (Å²) in [5.41, 5.74) is 0. The minimum Gasteiger partial charge on any atom is -0.437 e. The highest BCUT2D eigenvalue weighted by molar-refractivity contribution is 5.91. The highest BCUT2D eigenvalue weighted by Crippen LogP contribution is 2.32. The molecule has 0 aliphatic heterocycles. The molecule has 0 atom stereocenters. The molecule has 0 saturated heterocycles. The molecule has 0 aromatic carbocycles. The maximum absolute atomic E-state index is 11.1. The highest BCUT2D eigenvalue weighted by atomic mass is 16.5. The number of ketones is 1. The van der Waals surface area contributed by atoms with Gasteiger partial charge >= 0.3 is 0 Å². The number of Topliss-reactive ketones (excluding diaryl/α,β-unsaturated/α-hetero) is 1. The topological polar surface area (TPSA) is 42.7 Å². The number of carbonyl (C=O) groups is 1. The zero-order valence-corrected chi connectivity index (χ0v) is 9.73. The number of hydrogen-bond acceptors (Lipinski definition) is 4. The Balaban J connectivity index is 2.08. The molecular weight excluding hydrogens is 206 g/mol. The van der Waals surface area contributed by atoms with Crippen molar-refractivity contribution in [1.82, 2.24) is 0 Å². The van der Waals surface area contributed by atoms with Crippen molar-refractivity contribution in [3.8, 4) is 0 Å². The van der Waals surface area contributed by atoms with Crippen molar-refractivity contribution < 1.29 is 13.9 Å². The van der Waals surface area contributed by atoms with Crippen molar-refractivity contribution in [1.29, 1.82) is 0 Å². The molecule has 1 saturated carbocycles. The zero-order valence-electron chi connectivity index (χ0n) is 9.73. The number of nitrogens with zero attached hydrogens (tertiary/aromatic N) is 1. The van der Waals surface area contributed by atoms with E-state index in [0.717, 1.165) is 12.4 Å². The second kappa shape index (κ2) is 4.70. The number of methoxy groups -OCH3 is 1. The van der Waals surface area contributed by atoms with Crippen LogP contribution < -0.4 is 4.90 Å². The van der Waals surface area contributed by atoms with Gasteiger partial charge in [-0.05, 0) is 18.9 Å². The summed E-state index contributed by atoms with van der Waals surface area (Å²) in [7, 11) is 1.69. The second-order valence-corrected chi connectivity index (χ2v) is 4.11. The third-order valence-electron chi connectivity index (χ3n) is 2.75. The number of rotatable bonds is 6. The van der Waals surface area contributed by atoms with Crippen LogP contribution in [-0.2, 0) is 4.74 Å². The second-order valence-electron chi connectivity index (χ2n) is 4.11. The molecule has 88 valence electrons. The molecule has 0 spiro atoms. The van der Waals surface area contributed by atoms with Gasteiger partial charge in [-0.25, -0.2) is 0 Å². The molecule has 0 bridgehead atoms. The first-order valence-electron chi connectivity index (χ1n) is 5.58. The van der Waals surface area contributed by atoms with Crippen LogP contribution >= 0.6 is 0 Å². The van der Waals surface area contributed by atoms with Crippen LogP contribution in [0, 0.1) is 0 Å². The fourth-order valence-corrected chi connectivity index (χ4v) is 1.72. The van der Waals surface area contributed by atoms with E-state index in [1.54, 1.807) is 13.2 Å². The number of hydrogen-bond donors (Lipinski definition) is 0. The van der Waals surface area contributed by atoms with Crippen LogP contribution in [0.25, 0.3) is 0 Å². The van der Waals surface area contributed by atoms with E-state index < -0.39 is 0 Å². The van der Waals surface area contributed by atoms with E-state index in [2.05, 4.69) is 4.90 Å². The summed E-state index contributed by atoms with van der Waals surface area (Å²) in [5.74, 6) is 1.18. The highest BCUT2D eigenvalue weighted by Gasteiger charge is 2.30. The lowest BCUT2D eigenvalue weighted by Crippen LogP contribution is -2.28. The van der Waals surface area contributed by atoms with Gasteiger partial charge in [-0.2, -0.15) is 0 Å².